The molecule has 0 radical (unpaired) electrons. The minimum absolute atomic E-state index is 0.0197. The minimum atomic E-state index is -4.05. The summed E-state index contributed by atoms with van der Waals surface area (Å²) in [4.78, 5) is 39.0. The van der Waals surface area contributed by atoms with Crippen LogP contribution in [0.25, 0.3) is 11.2 Å². The molecule has 0 aromatic carbocycles. The molecule has 44 heavy (non-hydrogen) atoms. The van der Waals surface area contributed by atoms with Gasteiger partial charge in [0.1, 0.15) is 42.6 Å². The molecule has 2 unspecified atom stereocenters. The molecule has 6 rings (SSSR count). The van der Waals surface area contributed by atoms with Gasteiger partial charge in [-0.25, -0.2) is 19.0 Å². The molecule has 3 fully saturated rings. The van der Waals surface area contributed by atoms with E-state index in [2.05, 4.69) is 19.9 Å². The number of anilines is 2. The van der Waals surface area contributed by atoms with Gasteiger partial charge in [-0.05, 0) is 18.9 Å². The monoisotopic (exact) mass is 639 g/mol. The van der Waals surface area contributed by atoms with Crippen LogP contribution >= 0.6 is 7.75 Å². The molecule has 7 N–H and O–H groups in total. The van der Waals surface area contributed by atoms with Crippen molar-refractivity contribution < 1.29 is 38.0 Å². The van der Waals surface area contributed by atoms with Crippen LogP contribution in [0.3, 0.4) is 0 Å². The van der Waals surface area contributed by atoms with Crippen LogP contribution in [-0.2, 0) is 27.8 Å². The summed E-state index contributed by atoms with van der Waals surface area (Å²) in [7, 11) is -2.67. The normalized spacial score (nSPS) is 30.8. The van der Waals surface area contributed by atoms with E-state index < -0.39 is 68.6 Å². The number of ether oxygens (including phenoxy) is 3. The Bertz CT molecular complexity index is 1660. The van der Waals surface area contributed by atoms with Crippen LogP contribution in [0.15, 0.2) is 28.2 Å². The smallest absolute Gasteiger partial charge is 0.394 e. The number of hydrogen-bond acceptors (Lipinski definition) is 15. The molecule has 0 saturated carbocycles. The maximum absolute atomic E-state index is 14.4. The second kappa shape index (κ2) is 12.3. The van der Waals surface area contributed by atoms with Crippen molar-refractivity contribution in [2.45, 2.75) is 62.2 Å². The van der Waals surface area contributed by atoms with Crippen molar-refractivity contribution in [3.8, 4) is 0 Å². The summed E-state index contributed by atoms with van der Waals surface area (Å²) in [6, 6.07) is 1.44. The van der Waals surface area contributed by atoms with Gasteiger partial charge in [0, 0.05) is 32.8 Å². The average molecular weight is 640 g/mol. The molecule has 240 valence electrons. The Balaban J connectivity index is 1.21. The molecule has 0 amide bonds. The molecule has 19 nitrogen and oxygen atoms in total. The fraction of sp³-hybridized carbons (Fsp3) is 0.625. The molecule has 3 saturated heterocycles. The number of aliphatic hydroxyl groups excluding tert-OH is 2. The summed E-state index contributed by atoms with van der Waals surface area (Å²) in [6.45, 7) is 0.0232. The van der Waals surface area contributed by atoms with Crippen LogP contribution < -0.4 is 22.7 Å². The standard InChI is InChI=1S/C24H34N9O10P/c1-39-19-18(35)14(42-22(19)33-11-27-17-20(33)29-23(26)30-21(17)36)10-40-44(38,31-5-2-3-6-31)43-12-8-16(41-13(12)9-34)32-7-4-15(25)28-24(32)37/h4,7,11-14,16,18-19,22,34-35H,2-3,5-6,8-10H2,1H3,(H2,25,28,37)(H3,26,29,30,36)/t12-,13-,14-,16-,18+,19?,22-,44?/m1/s1. The number of aliphatic hydroxyl groups is 2. The quantitative estimate of drug-likeness (QED) is 0.161. The van der Waals surface area contributed by atoms with Crippen LogP contribution in [0.5, 0.6) is 0 Å². The summed E-state index contributed by atoms with van der Waals surface area (Å²) in [5.74, 6) is -0.0792. The number of hydrogen-bond donors (Lipinski definition) is 5. The predicted molar refractivity (Wildman–Crippen MR) is 151 cm³/mol. The Morgan fingerprint density at radius 1 is 1.16 bits per heavy atom. The van der Waals surface area contributed by atoms with Gasteiger partial charge in [-0.1, -0.05) is 0 Å². The highest BCUT2D eigenvalue weighted by atomic mass is 31.2. The summed E-state index contributed by atoms with van der Waals surface area (Å²) in [5, 5.41) is 21.1. The summed E-state index contributed by atoms with van der Waals surface area (Å²) in [5.41, 5.74) is 10.3. The molecule has 8 atom stereocenters. The number of H-pyrrole nitrogens is 1. The number of rotatable bonds is 10. The second-order valence-electron chi connectivity index (χ2n) is 10.7. The molecule has 3 aromatic rings. The van der Waals surface area contributed by atoms with Gasteiger partial charge >= 0.3 is 13.4 Å². The minimum Gasteiger partial charge on any atom is -0.394 e. The zero-order valence-electron chi connectivity index (χ0n) is 23.7. The third-order valence-electron chi connectivity index (χ3n) is 7.93. The lowest BCUT2D eigenvalue weighted by atomic mass is 10.1. The zero-order chi connectivity index (χ0) is 31.2. The van der Waals surface area contributed by atoms with Gasteiger partial charge in [0.2, 0.25) is 5.95 Å². The maximum atomic E-state index is 14.4. The van der Waals surface area contributed by atoms with Crippen LogP contribution in [0, 0.1) is 0 Å². The van der Waals surface area contributed by atoms with Gasteiger partial charge in [-0.3, -0.25) is 28.0 Å². The largest absolute Gasteiger partial charge is 0.408 e. The molecule has 20 heteroatoms. The lowest BCUT2D eigenvalue weighted by Gasteiger charge is -2.30. The first-order valence-corrected chi connectivity index (χ1v) is 15.5. The number of nitrogens with two attached hydrogens (primary N) is 2. The number of nitrogens with zero attached hydrogens (tertiary/aromatic N) is 6. The highest BCUT2D eigenvalue weighted by Crippen LogP contribution is 2.57. The number of nitrogens with one attached hydrogen (secondary N) is 1. The average Bonchev–Trinajstić information content (AvgIpc) is 3.78. The van der Waals surface area contributed by atoms with E-state index in [-0.39, 0.29) is 36.0 Å². The summed E-state index contributed by atoms with van der Waals surface area (Å²) < 4.78 is 48.1. The van der Waals surface area contributed by atoms with Crippen LogP contribution in [-0.4, -0.2) is 108 Å². The first-order valence-electron chi connectivity index (χ1n) is 14.0. The molecule has 0 bridgehead atoms. The van der Waals surface area contributed by atoms with E-state index >= 15 is 0 Å². The number of aromatic nitrogens is 6. The Morgan fingerprint density at radius 3 is 2.64 bits per heavy atom. The highest BCUT2D eigenvalue weighted by Gasteiger charge is 2.49. The maximum Gasteiger partial charge on any atom is 0.408 e. The Kier molecular flexibility index (Phi) is 8.57. The van der Waals surface area contributed by atoms with Gasteiger partial charge in [-0.2, -0.15) is 9.97 Å². The van der Waals surface area contributed by atoms with E-state index in [1.54, 1.807) is 4.67 Å². The van der Waals surface area contributed by atoms with Crippen LogP contribution in [0.2, 0.25) is 0 Å². The number of fused-ring (bicyclic) bond motifs is 1. The van der Waals surface area contributed by atoms with E-state index in [4.69, 9.17) is 34.7 Å². The van der Waals surface area contributed by atoms with Crippen molar-refractivity contribution in [1.82, 2.24) is 33.7 Å². The molecular formula is C24H34N9O10P. The highest BCUT2D eigenvalue weighted by molar-refractivity contribution is 7.51. The van der Waals surface area contributed by atoms with Gasteiger partial charge in [-0.15, -0.1) is 0 Å². The fourth-order valence-electron chi connectivity index (χ4n) is 5.72. The second-order valence-corrected chi connectivity index (χ2v) is 12.7. The van der Waals surface area contributed by atoms with Gasteiger partial charge < -0.3 is 35.9 Å². The first kappa shape index (κ1) is 30.8. The van der Waals surface area contributed by atoms with Crippen molar-refractivity contribution in [3.63, 3.8) is 0 Å². The van der Waals surface area contributed by atoms with Gasteiger partial charge in [0.25, 0.3) is 5.56 Å². The topological polar surface area (TPSA) is 257 Å². The predicted octanol–water partition coefficient (Wildman–Crippen LogP) is -1.30. The lowest BCUT2D eigenvalue weighted by Crippen LogP contribution is -2.36. The first-order chi connectivity index (χ1) is 21.1. The van der Waals surface area contributed by atoms with Crippen LogP contribution in [0.1, 0.15) is 31.7 Å². The van der Waals surface area contributed by atoms with Crippen molar-refractivity contribution in [2.24, 2.45) is 0 Å². The molecule has 3 aliphatic heterocycles. The van der Waals surface area contributed by atoms with E-state index in [9.17, 15) is 24.4 Å². The lowest BCUT2D eigenvalue weighted by molar-refractivity contribution is -0.0614. The summed E-state index contributed by atoms with van der Waals surface area (Å²) >= 11 is 0. The fourth-order valence-corrected chi connectivity index (χ4v) is 7.75. The molecule has 3 aromatic heterocycles. The van der Waals surface area contributed by atoms with E-state index in [0.717, 1.165) is 12.8 Å². The van der Waals surface area contributed by atoms with Crippen molar-refractivity contribution >= 4 is 30.7 Å². The Hall–Kier alpha value is -3.26. The van der Waals surface area contributed by atoms with Gasteiger partial charge in [0.15, 0.2) is 17.4 Å². The molecule has 0 spiro atoms. The number of imidazole rings is 1. The number of methoxy groups -OCH3 is 1. The Labute approximate surface area is 249 Å². The van der Waals surface area contributed by atoms with E-state index in [1.807, 2.05) is 0 Å². The molecule has 3 aliphatic rings. The van der Waals surface area contributed by atoms with Crippen molar-refractivity contribution in [1.29, 1.82) is 0 Å². The number of nitrogen functional groups attached to an aromatic ring is 2. The Morgan fingerprint density at radius 2 is 1.93 bits per heavy atom. The third-order valence-corrected chi connectivity index (χ3v) is 10.0. The van der Waals surface area contributed by atoms with Crippen LogP contribution in [0.4, 0.5) is 11.8 Å². The molecule has 6 heterocycles. The summed E-state index contributed by atoms with van der Waals surface area (Å²) in [6.07, 6.45) is -2.56. The SMILES string of the molecule is COC1[C@@H](O)[C@@H](COP(=O)(O[C@@H]2C[C@H](n3ccc(N)nc3=O)O[C@@H]2CO)N2CCCC2)O[C@H]1n1cnc2c(=O)[nH]c(N)nc21. The molecular weight excluding hydrogens is 605 g/mol. The number of aromatic amines is 1. The van der Waals surface area contributed by atoms with E-state index in [0.29, 0.717) is 13.1 Å². The van der Waals surface area contributed by atoms with Gasteiger partial charge in [0.05, 0.1) is 19.5 Å². The third kappa shape index (κ3) is 5.66. The zero-order valence-corrected chi connectivity index (χ0v) is 24.6. The van der Waals surface area contributed by atoms with Crippen molar-refractivity contribution in [3.05, 3.63) is 39.4 Å². The molecule has 0 aliphatic carbocycles. The van der Waals surface area contributed by atoms with Crippen molar-refractivity contribution in [2.75, 3.05) is 44.9 Å². The van der Waals surface area contributed by atoms with E-state index in [1.165, 1.54) is 34.8 Å².